The molecule has 0 saturated carbocycles. The predicted octanol–water partition coefficient (Wildman–Crippen LogP) is 11.4. The zero-order valence-electron chi connectivity index (χ0n) is 36.7. The van der Waals surface area contributed by atoms with Crippen molar-refractivity contribution in [2.75, 3.05) is 47.5 Å². The maximum absolute atomic E-state index is 12.7. The first-order valence-corrected chi connectivity index (χ1v) is 23.6. The van der Waals surface area contributed by atoms with Crippen LogP contribution < -0.4 is 0 Å². The Bertz CT molecular complexity index is 1170. The smallest absolute Gasteiger partial charge is 0.462 e. The summed E-state index contributed by atoms with van der Waals surface area (Å²) in [6.07, 6.45) is 41.9. The number of aliphatic hydroxyl groups excluding tert-OH is 1. The lowest BCUT2D eigenvalue weighted by molar-refractivity contribution is -0.870. The van der Waals surface area contributed by atoms with Gasteiger partial charge in [-0.3, -0.25) is 18.6 Å². The first-order chi connectivity index (χ1) is 27.4. The van der Waals surface area contributed by atoms with E-state index in [0.717, 1.165) is 38.5 Å². The second-order valence-electron chi connectivity index (χ2n) is 15.9. The Kier molecular flexibility index (Phi) is 36.4. The Morgan fingerprint density at radius 3 is 1.79 bits per heavy atom. The van der Waals surface area contributed by atoms with E-state index in [2.05, 4.69) is 31.2 Å². The fraction of sp³-hybridized carbons (Fsp3) is 0.739. The molecule has 0 aliphatic carbocycles. The molecule has 0 rings (SSSR count). The predicted molar refractivity (Wildman–Crippen MR) is 235 cm³/mol. The highest BCUT2D eigenvalue weighted by Crippen LogP contribution is 2.43. The van der Waals surface area contributed by atoms with E-state index in [1.165, 1.54) is 70.6 Å². The lowest BCUT2D eigenvalue weighted by atomic mass is 10.0. The molecule has 330 valence electrons. The van der Waals surface area contributed by atoms with Crippen molar-refractivity contribution in [2.45, 2.75) is 174 Å². The van der Waals surface area contributed by atoms with Crippen LogP contribution in [0.5, 0.6) is 0 Å². The number of carbonyl (C=O) groups is 2. The molecule has 3 atom stereocenters. The average molecular weight is 825 g/mol. The van der Waals surface area contributed by atoms with Crippen molar-refractivity contribution in [3.63, 3.8) is 0 Å². The molecule has 0 aromatic carbocycles. The number of quaternary nitrogens is 1. The van der Waals surface area contributed by atoms with Crippen LogP contribution in [0.1, 0.15) is 162 Å². The van der Waals surface area contributed by atoms with Gasteiger partial charge in [0, 0.05) is 12.8 Å². The molecule has 2 N–H and O–H groups in total. The van der Waals surface area contributed by atoms with E-state index in [-0.39, 0.29) is 26.1 Å². The van der Waals surface area contributed by atoms with Gasteiger partial charge in [0.25, 0.3) is 0 Å². The van der Waals surface area contributed by atoms with Crippen molar-refractivity contribution in [1.82, 2.24) is 0 Å². The van der Waals surface area contributed by atoms with Gasteiger partial charge in [0.15, 0.2) is 6.10 Å². The Hall–Kier alpha value is -2.33. The lowest BCUT2D eigenvalue weighted by Crippen LogP contribution is -2.37. The van der Waals surface area contributed by atoms with Crippen LogP contribution in [0.2, 0.25) is 0 Å². The minimum Gasteiger partial charge on any atom is -0.462 e. The fourth-order valence-electron chi connectivity index (χ4n) is 5.66. The summed E-state index contributed by atoms with van der Waals surface area (Å²) >= 11 is 0. The molecule has 0 spiro atoms. The number of carbonyl (C=O) groups excluding carboxylic acids is 2. The minimum atomic E-state index is -4.40. The summed E-state index contributed by atoms with van der Waals surface area (Å²) in [5.74, 6) is -0.891. The number of hydrogen-bond acceptors (Lipinski definition) is 8. The van der Waals surface area contributed by atoms with Gasteiger partial charge < -0.3 is 24.0 Å². The molecule has 11 heteroatoms. The molecule has 2 unspecified atom stereocenters. The van der Waals surface area contributed by atoms with Gasteiger partial charge in [-0.2, -0.15) is 0 Å². The molecular weight excluding hydrogens is 741 g/mol. The summed E-state index contributed by atoms with van der Waals surface area (Å²) in [4.78, 5) is 35.3. The Morgan fingerprint density at radius 2 is 1.19 bits per heavy atom. The fourth-order valence-corrected chi connectivity index (χ4v) is 6.40. The SMILES string of the molecule is CC/C=C\C(O)C/C=C/C=C\C/C=C\C/C=C\CCCC(=O)OC[C@H](COP(=O)(O)OCC[N+](C)(C)C)OC(=O)CCCCCCCCCCCCCCCCC. The van der Waals surface area contributed by atoms with E-state index >= 15 is 0 Å². The molecule has 0 amide bonds. The molecule has 0 bridgehead atoms. The normalized spacial score (nSPS) is 14.7. The van der Waals surface area contributed by atoms with Crippen molar-refractivity contribution in [3.8, 4) is 0 Å². The molecule has 0 aliphatic heterocycles. The van der Waals surface area contributed by atoms with E-state index in [1.54, 1.807) is 0 Å². The Balaban J connectivity index is 4.48. The largest absolute Gasteiger partial charge is 0.472 e. The summed E-state index contributed by atoms with van der Waals surface area (Å²) in [7, 11) is 1.42. The molecule has 0 radical (unpaired) electrons. The van der Waals surface area contributed by atoms with Crippen molar-refractivity contribution in [3.05, 3.63) is 60.8 Å². The number of allylic oxidation sites excluding steroid dienone is 8. The summed E-state index contributed by atoms with van der Waals surface area (Å²) in [6, 6.07) is 0. The van der Waals surface area contributed by atoms with Crippen LogP contribution in [0.15, 0.2) is 60.8 Å². The maximum Gasteiger partial charge on any atom is 0.472 e. The third kappa shape index (κ3) is 41.6. The topological polar surface area (TPSA) is 129 Å². The number of likely N-dealkylation sites (N-methyl/N-ethyl adjacent to an activating group) is 1. The van der Waals surface area contributed by atoms with Gasteiger partial charge >= 0.3 is 19.8 Å². The minimum absolute atomic E-state index is 0.0145. The van der Waals surface area contributed by atoms with Gasteiger partial charge in [-0.1, -0.05) is 164 Å². The van der Waals surface area contributed by atoms with Crippen molar-refractivity contribution < 1.29 is 47.2 Å². The van der Waals surface area contributed by atoms with Gasteiger partial charge in [-0.05, 0) is 44.9 Å². The summed E-state index contributed by atoms with van der Waals surface area (Å²) in [5, 5.41) is 9.77. The zero-order chi connectivity index (χ0) is 42.3. The number of unbranched alkanes of at least 4 members (excludes halogenated alkanes) is 15. The molecule has 10 nitrogen and oxygen atoms in total. The van der Waals surface area contributed by atoms with Crippen LogP contribution in [-0.2, 0) is 32.7 Å². The van der Waals surface area contributed by atoms with Crippen LogP contribution in [0.3, 0.4) is 0 Å². The van der Waals surface area contributed by atoms with Crippen LogP contribution in [0.4, 0.5) is 0 Å². The Labute approximate surface area is 348 Å². The van der Waals surface area contributed by atoms with Crippen LogP contribution in [0.25, 0.3) is 0 Å². The average Bonchev–Trinajstić information content (AvgIpc) is 3.16. The molecule has 0 heterocycles. The Morgan fingerprint density at radius 1 is 0.649 bits per heavy atom. The molecule has 0 aliphatic rings. The van der Waals surface area contributed by atoms with Crippen molar-refractivity contribution in [1.29, 1.82) is 0 Å². The summed E-state index contributed by atoms with van der Waals surface area (Å²) in [5.41, 5.74) is 0. The second-order valence-corrected chi connectivity index (χ2v) is 17.4. The number of aliphatic hydroxyl groups is 1. The van der Waals surface area contributed by atoms with E-state index in [4.69, 9.17) is 18.5 Å². The van der Waals surface area contributed by atoms with Crippen molar-refractivity contribution >= 4 is 19.8 Å². The number of rotatable bonds is 39. The lowest BCUT2D eigenvalue weighted by Gasteiger charge is -2.24. The number of phosphoric acid groups is 1. The first kappa shape index (κ1) is 54.7. The van der Waals surface area contributed by atoms with Gasteiger partial charge in [-0.15, -0.1) is 0 Å². The van der Waals surface area contributed by atoms with Crippen molar-refractivity contribution in [2.24, 2.45) is 0 Å². The first-order valence-electron chi connectivity index (χ1n) is 22.1. The molecule has 0 aromatic rings. The summed E-state index contributed by atoms with van der Waals surface area (Å²) in [6.45, 7) is 4.10. The monoisotopic (exact) mass is 825 g/mol. The number of nitrogens with zero attached hydrogens (tertiary/aromatic N) is 1. The third-order valence-electron chi connectivity index (χ3n) is 9.14. The maximum atomic E-state index is 12.7. The highest BCUT2D eigenvalue weighted by atomic mass is 31.2. The molecule has 0 saturated heterocycles. The molecular formula is C46H83NO9P+. The van der Waals surface area contributed by atoms with E-state index < -0.39 is 38.6 Å². The highest BCUT2D eigenvalue weighted by Gasteiger charge is 2.27. The number of hydrogen-bond donors (Lipinski definition) is 2. The van der Waals surface area contributed by atoms with Gasteiger partial charge in [-0.25, -0.2) is 4.57 Å². The molecule has 57 heavy (non-hydrogen) atoms. The van der Waals surface area contributed by atoms with Gasteiger partial charge in [0.1, 0.15) is 19.8 Å². The van der Waals surface area contributed by atoms with Crippen LogP contribution in [-0.4, -0.2) is 86.1 Å². The van der Waals surface area contributed by atoms with Crippen LogP contribution >= 0.6 is 7.82 Å². The van der Waals surface area contributed by atoms with Gasteiger partial charge in [0.05, 0.1) is 33.9 Å². The van der Waals surface area contributed by atoms with E-state index in [9.17, 15) is 24.2 Å². The standard InChI is InChI=1S/C46H82NO9P/c1-6-8-10-11-12-13-14-15-16-17-22-25-28-31-34-38-46(50)56-44(42-55-57(51,52)54-40-39-47(3,4)5)41-53-45(49)37-33-30-27-24-21-19-18-20-23-26-29-32-36-43(48)35-9-7-2/h9,18-19,23-24,26-27,29,32,35,43-44,48H,6-8,10-17,20-22,25,28,30-31,33-34,36-42H2,1-5H3/p+1/b19-18-,26-23-,27-24-,32-29+,35-9-/t43?,44-/m1/s1. The molecule has 0 fully saturated rings. The van der Waals surface area contributed by atoms with E-state index in [0.29, 0.717) is 36.7 Å². The zero-order valence-corrected chi connectivity index (χ0v) is 37.6. The van der Waals surface area contributed by atoms with E-state index in [1.807, 2.05) is 64.5 Å². The summed E-state index contributed by atoms with van der Waals surface area (Å²) < 4.78 is 34.2. The molecule has 0 aromatic heterocycles. The van der Waals surface area contributed by atoms with Gasteiger partial charge in [0.2, 0.25) is 0 Å². The quantitative estimate of drug-likeness (QED) is 0.0155. The third-order valence-corrected chi connectivity index (χ3v) is 10.1. The number of ether oxygens (including phenoxy) is 2. The second kappa shape index (κ2) is 37.9. The van der Waals surface area contributed by atoms with Crippen LogP contribution in [0, 0.1) is 0 Å². The number of esters is 2. The number of phosphoric ester groups is 1. The highest BCUT2D eigenvalue weighted by molar-refractivity contribution is 7.47.